The molecule has 1 heterocycles. The van der Waals surface area contributed by atoms with Crippen LogP contribution < -0.4 is 9.47 Å². The maximum Gasteiger partial charge on any atom is 0.232 e. The molecule has 4 nitrogen and oxygen atoms in total. The Morgan fingerprint density at radius 1 is 1.44 bits per heavy atom. The Hall–Kier alpha value is -1.36. The SMILES string of the molecule is CSCC(=O)N(C)CC1COc2ccccc2O1. The van der Waals surface area contributed by atoms with E-state index in [-0.39, 0.29) is 12.0 Å². The van der Waals surface area contributed by atoms with Gasteiger partial charge >= 0.3 is 0 Å². The first-order chi connectivity index (χ1) is 8.70. The highest BCUT2D eigenvalue weighted by molar-refractivity contribution is 7.99. The molecule has 0 fully saturated rings. The van der Waals surface area contributed by atoms with Gasteiger partial charge in [0.05, 0.1) is 12.3 Å². The van der Waals surface area contributed by atoms with Crippen molar-refractivity contribution in [3.05, 3.63) is 24.3 Å². The highest BCUT2D eigenvalue weighted by Crippen LogP contribution is 2.30. The van der Waals surface area contributed by atoms with Crippen LogP contribution in [-0.4, -0.2) is 49.1 Å². The molecule has 1 atom stereocenters. The molecule has 1 aromatic rings. The van der Waals surface area contributed by atoms with Gasteiger partial charge in [0.2, 0.25) is 5.91 Å². The van der Waals surface area contributed by atoms with Crippen LogP contribution in [0, 0.1) is 0 Å². The topological polar surface area (TPSA) is 38.8 Å². The van der Waals surface area contributed by atoms with Gasteiger partial charge in [-0.3, -0.25) is 4.79 Å². The number of ether oxygens (including phenoxy) is 2. The van der Waals surface area contributed by atoms with Gasteiger partial charge in [-0.15, -0.1) is 0 Å². The summed E-state index contributed by atoms with van der Waals surface area (Å²) in [7, 11) is 1.79. The summed E-state index contributed by atoms with van der Waals surface area (Å²) >= 11 is 1.53. The monoisotopic (exact) mass is 267 g/mol. The van der Waals surface area contributed by atoms with Crippen LogP contribution in [-0.2, 0) is 4.79 Å². The second kappa shape index (κ2) is 6.00. The van der Waals surface area contributed by atoms with E-state index in [2.05, 4.69) is 0 Å². The van der Waals surface area contributed by atoms with E-state index in [1.54, 1.807) is 11.9 Å². The van der Waals surface area contributed by atoms with Crippen molar-refractivity contribution in [3.63, 3.8) is 0 Å². The molecule has 0 radical (unpaired) electrons. The first-order valence-electron chi connectivity index (χ1n) is 5.82. The molecule has 5 heteroatoms. The average Bonchev–Trinajstić information content (AvgIpc) is 2.39. The Labute approximate surface area is 111 Å². The number of para-hydroxylation sites is 2. The van der Waals surface area contributed by atoms with E-state index < -0.39 is 0 Å². The van der Waals surface area contributed by atoms with Crippen molar-refractivity contribution in [2.24, 2.45) is 0 Å². The number of benzene rings is 1. The van der Waals surface area contributed by atoms with Gasteiger partial charge in [0.25, 0.3) is 0 Å². The van der Waals surface area contributed by atoms with E-state index in [4.69, 9.17) is 9.47 Å². The number of hydrogen-bond acceptors (Lipinski definition) is 4. The molecular formula is C13H17NO3S. The maximum atomic E-state index is 11.7. The fourth-order valence-electron chi connectivity index (χ4n) is 1.79. The predicted octanol–water partition coefficient (Wildman–Crippen LogP) is 1.65. The summed E-state index contributed by atoms with van der Waals surface area (Å²) in [5, 5.41) is 0. The van der Waals surface area contributed by atoms with E-state index in [1.165, 1.54) is 11.8 Å². The summed E-state index contributed by atoms with van der Waals surface area (Å²) in [6, 6.07) is 7.59. The lowest BCUT2D eigenvalue weighted by molar-refractivity contribution is -0.128. The molecular weight excluding hydrogens is 250 g/mol. The summed E-state index contributed by atoms with van der Waals surface area (Å²) in [5.74, 6) is 2.14. The molecule has 2 rings (SSSR count). The molecule has 0 aliphatic carbocycles. The Balaban J connectivity index is 1.91. The molecule has 1 amide bonds. The van der Waals surface area contributed by atoms with Crippen molar-refractivity contribution in [3.8, 4) is 11.5 Å². The van der Waals surface area contributed by atoms with Crippen molar-refractivity contribution < 1.29 is 14.3 Å². The Bertz CT molecular complexity index is 424. The Morgan fingerprint density at radius 2 is 2.17 bits per heavy atom. The van der Waals surface area contributed by atoms with Gasteiger partial charge in [-0.05, 0) is 18.4 Å². The quantitative estimate of drug-likeness (QED) is 0.831. The van der Waals surface area contributed by atoms with Crippen LogP contribution in [0.5, 0.6) is 11.5 Å². The van der Waals surface area contributed by atoms with Crippen LogP contribution in [0.2, 0.25) is 0 Å². The second-order valence-electron chi connectivity index (χ2n) is 4.20. The summed E-state index contributed by atoms with van der Waals surface area (Å²) in [5.41, 5.74) is 0. The molecule has 0 aromatic heterocycles. The Morgan fingerprint density at radius 3 is 2.89 bits per heavy atom. The standard InChI is InChI=1S/C13H17NO3S/c1-14(13(15)9-18-2)7-10-8-16-11-5-3-4-6-12(11)17-10/h3-6,10H,7-9H2,1-2H3. The van der Waals surface area contributed by atoms with Gasteiger partial charge in [0, 0.05) is 7.05 Å². The van der Waals surface area contributed by atoms with Crippen LogP contribution >= 0.6 is 11.8 Å². The van der Waals surface area contributed by atoms with Crippen molar-refractivity contribution in [2.45, 2.75) is 6.10 Å². The fraction of sp³-hybridized carbons (Fsp3) is 0.462. The number of carbonyl (C=O) groups excluding carboxylic acids is 1. The summed E-state index contributed by atoms with van der Waals surface area (Å²) < 4.78 is 11.4. The summed E-state index contributed by atoms with van der Waals surface area (Å²) in [6.45, 7) is 1.03. The van der Waals surface area contributed by atoms with Crippen molar-refractivity contribution in [2.75, 3.05) is 32.2 Å². The van der Waals surface area contributed by atoms with Gasteiger partial charge in [-0.25, -0.2) is 0 Å². The zero-order chi connectivity index (χ0) is 13.0. The van der Waals surface area contributed by atoms with E-state index >= 15 is 0 Å². The van der Waals surface area contributed by atoms with E-state index in [9.17, 15) is 4.79 Å². The molecule has 0 N–H and O–H groups in total. The maximum absolute atomic E-state index is 11.7. The predicted molar refractivity (Wildman–Crippen MR) is 72.4 cm³/mol. The molecule has 0 saturated heterocycles. The van der Waals surface area contributed by atoms with Crippen LogP contribution in [0.3, 0.4) is 0 Å². The summed E-state index contributed by atoms with van der Waals surface area (Å²) in [6.07, 6.45) is 1.82. The van der Waals surface area contributed by atoms with Gasteiger partial charge < -0.3 is 14.4 Å². The lowest BCUT2D eigenvalue weighted by Gasteiger charge is -2.29. The molecule has 18 heavy (non-hydrogen) atoms. The number of thioether (sulfide) groups is 1. The molecule has 0 spiro atoms. The molecule has 0 bridgehead atoms. The highest BCUT2D eigenvalue weighted by Gasteiger charge is 2.23. The number of nitrogens with zero attached hydrogens (tertiary/aromatic N) is 1. The number of likely N-dealkylation sites (N-methyl/N-ethyl adjacent to an activating group) is 1. The van der Waals surface area contributed by atoms with Crippen molar-refractivity contribution in [1.82, 2.24) is 4.90 Å². The molecule has 1 unspecified atom stereocenters. The molecule has 1 aliphatic rings. The first-order valence-corrected chi connectivity index (χ1v) is 7.21. The van der Waals surface area contributed by atoms with Crippen LogP contribution in [0.15, 0.2) is 24.3 Å². The van der Waals surface area contributed by atoms with Crippen LogP contribution in [0.1, 0.15) is 0 Å². The second-order valence-corrected chi connectivity index (χ2v) is 5.07. The van der Waals surface area contributed by atoms with E-state index in [1.807, 2.05) is 30.5 Å². The number of rotatable bonds is 4. The largest absolute Gasteiger partial charge is 0.486 e. The number of hydrogen-bond donors (Lipinski definition) is 0. The third-order valence-electron chi connectivity index (χ3n) is 2.74. The van der Waals surface area contributed by atoms with Gasteiger partial charge in [-0.1, -0.05) is 12.1 Å². The van der Waals surface area contributed by atoms with E-state index in [0.717, 1.165) is 11.5 Å². The number of fused-ring (bicyclic) bond motifs is 1. The summed E-state index contributed by atoms with van der Waals surface area (Å²) in [4.78, 5) is 13.4. The van der Waals surface area contributed by atoms with E-state index in [0.29, 0.717) is 18.9 Å². The molecule has 1 aliphatic heterocycles. The zero-order valence-electron chi connectivity index (χ0n) is 10.6. The minimum Gasteiger partial charge on any atom is -0.486 e. The van der Waals surface area contributed by atoms with Gasteiger partial charge in [-0.2, -0.15) is 11.8 Å². The third-order valence-corrected chi connectivity index (χ3v) is 3.27. The Kier molecular flexibility index (Phi) is 4.36. The third kappa shape index (κ3) is 3.10. The molecule has 0 saturated carbocycles. The fourth-order valence-corrected chi connectivity index (χ4v) is 2.26. The zero-order valence-corrected chi connectivity index (χ0v) is 11.4. The van der Waals surface area contributed by atoms with Gasteiger partial charge in [0.15, 0.2) is 17.6 Å². The molecule has 98 valence electrons. The smallest absolute Gasteiger partial charge is 0.232 e. The minimum absolute atomic E-state index is 0.101. The highest BCUT2D eigenvalue weighted by atomic mass is 32.2. The molecule has 1 aromatic carbocycles. The van der Waals surface area contributed by atoms with Crippen LogP contribution in [0.4, 0.5) is 0 Å². The number of amides is 1. The van der Waals surface area contributed by atoms with Crippen molar-refractivity contribution in [1.29, 1.82) is 0 Å². The van der Waals surface area contributed by atoms with Gasteiger partial charge in [0.1, 0.15) is 6.61 Å². The van der Waals surface area contributed by atoms with Crippen LogP contribution in [0.25, 0.3) is 0 Å². The average molecular weight is 267 g/mol. The normalized spacial score (nSPS) is 17.3. The van der Waals surface area contributed by atoms with Crippen molar-refractivity contribution >= 4 is 17.7 Å². The first kappa shape index (κ1) is 13.1. The lowest BCUT2D eigenvalue weighted by Crippen LogP contribution is -2.42. The number of carbonyl (C=O) groups is 1. The lowest BCUT2D eigenvalue weighted by atomic mass is 10.2. The minimum atomic E-state index is -0.101.